The molecule has 0 aliphatic heterocycles. The van der Waals surface area contributed by atoms with Gasteiger partial charge in [0, 0.05) is 35.3 Å². The third-order valence-corrected chi connectivity index (χ3v) is 5.69. The number of nitrogens with zero attached hydrogens (tertiary/aromatic N) is 4. The molecule has 36 heavy (non-hydrogen) atoms. The third-order valence-electron chi connectivity index (χ3n) is 5.51. The van der Waals surface area contributed by atoms with Gasteiger partial charge in [0.2, 0.25) is 11.2 Å². The van der Waals surface area contributed by atoms with E-state index in [1.165, 1.54) is 0 Å². The smallest absolute Gasteiger partial charge is 0.320 e. The first-order valence-corrected chi connectivity index (χ1v) is 12.0. The molecule has 0 saturated heterocycles. The summed E-state index contributed by atoms with van der Waals surface area (Å²) >= 11 is 5.92. The van der Waals surface area contributed by atoms with Gasteiger partial charge in [0.25, 0.3) is 0 Å². The van der Waals surface area contributed by atoms with E-state index in [4.69, 9.17) is 21.4 Å². The molecule has 2 N–H and O–H groups in total. The lowest BCUT2D eigenvalue weighted by molar-refractivity contribution is 0.251. The lowest BCUT2D eigenvalue weighted by Gasteiger charge is -2.14. The van der Waals surface area contributed by atoms with Crippen LogP contribution in [0.15, 0.2) is 60.8 Å². The summed E-state index contributed by atoms with van der Waals surface area (Å²) in [6, 6.07) is 16.9. The van der Waals surface area contributed by atoms with E-state index in [0.717, 1.165) is 28.1 Å². The number of hydrogen-bond acceptors (Lipinski definition) is 5. The van der Waals surface area contributed by atoms with Crippen molar-refractivity contribution in [1.82, 2.24) is 25.1 Å². The zero-order valence-electron chi connectivity index (χ0n) is 21.0. The van der Waals surface area contributed by atoms with Crippen LogP contribution in [0.4, 0.5) is 10.6 Å². The van der Waals surface area contributed by atoms with Gasteiger partial charge in [-0.3, -0.25) is 5.32 Å². The van der Waals surface area contributed by atoms with Crippen molar-refractivity contribution in [2.45, 2.75) is 46.6 Å². The Hall–Kier alpha value is -3.91. The fraction of sp³-hybridized carbons (Fsp3) is 0.259. The van der Waals surface area contributed by atoms with Crippen molar-refractivity contribution in [2.75, 3.05) is 5.32 Å². The highest BCUT2D eigenvalue weighted by molar-refractivity contribution is 6.28. The largest absolute Gasteiger partial charge is 0.438 e. The van der Waals surface area contributed by atoms with Crippen LogP contribution in [0.5, 0.6) is 11.6 Å². The first-order valence-electron chi connectivity index (χ1n) is 11.6. The normalized spacial score (nSPS) is 11.3. The summed E-state index contributed by atoms with van der Waals surface area (Å²) in [5.74, 6) is 1.51. The van der Waals surface area contributed by atoms with Crippen molar-refractivity contribution in [2.24, 2.45) is 0 Å². The molecule has 4 aromatic rings. The van der Waals surface area contributed by atoms with Crippen molar-refractivity contribution >= 4 is 23.4 Å². The maximum atomic E-state index is 12.9. The number of anilines is 1. The SMILES string of the molecule is Cc1ccc(-n2nc(C(C)(C)C)cc2NC(=O)NCc2ccccc2Oc2nc(Cl)ncc2C)cc1. The number of urea groups is 1. The number of aryl methyl sites for hydroxylation is 2. The van der Waals surface area contributed by atoms with Gasteiger partial charge in [0.1, 0.15) is 11.6 Å². The predicted octanol–water partition coefficient (Wildman–Crippen LogP) is 6.34. The van der Waals surface area contributed by atoms with Crippen LogP contribution in [0.2, 0.25) is 5.28 Å². The summed E-state index contributed by atoms with van der Waals surface area (Å²) in [6.45, 7) is 10.4. The number of para-hydroxylation sites is 1. The van der Waals surface area contributed by atoms with Crippen molar-refractivity contribution in [3.05, 3.63) is 88.5 Å². The molecule has 0 aliphatic carbocycles. The second kappa shape index (κ2) is 10.4. The zero-order valence-corrected chi connectivity index (χ0v) is 21.7. The van der Waals surface area contributed by atoms with Gasteiger partial charge >= 0.3 is 6.03 Å². The molecular weight excluding hydrogens is 476 g/mol. The van der Waals surface area contributed by atoms with Crippen molar-refractivity contribution in [3.8, 4) is 17.3 Å². The maximum Gasteiger partial charge on any atom is 0.320 e. The van der Waals surface area contributed by atoms with Gasteiger partial charge in [0.05, 0.1) is 11.4 Å². The van der Waals surface area contributed by atoms with Gasteiger partial charge in [-0.25, -0.2) is 14.5 Å². The van der Waals surface area contributed by atoms with E-state index in [0.29, 0.717) is 17.4 Å². The van der Waals surface area contributed by atoms with Gasteiger partial charge in [-0.1, -0.05) is 56.7 Å². The van der Waals surface area contributed by atoms with Crippen LogP contribution in [-0.2, 0) is 12.0 Å². The molecule has 0 bridgehead atoms. The molecule has 4 rings (SSSR count). The number of nitrogens with one attached hydrogen (secondary N) is 2. The highest BCUT2D eigenvalue weighted by atomic mass is 35.5. The number of carbonyl (C=O) groups is 1. The molecule has 0 atom stereocenters. The monoisotopic (exact) mass is 504 g/mol. The fourth-order valence-corrected chi connectivity index (χ4v) is 3.54. The second-order valence-electron chi connectivity index (χ2n) is 9.56. The first-order chi connectivity index (χ1) is 17.1. The summed E-state index contributed by atoms with van der Waals surface area (Å²) < 4.78 is 7.73. The Morgan fingerprint density at radius 3 is 2.53 bits per heavy atom. The molecule has 8 nitrogen and oxygen atoms in total. The number of amides is 2. The van der Waals surface area contributed by atoms with Crippen molar-refractivity contribution < 1.29 is 9.53 Å². The number of rotatable bonds is 6. The van der Waals surface area contributed by atoms with Crippen molar-refractivity contribution in [1.29, 1.82) is 0 Å². The summed E-state index contributed by atoms with van der Waals surface area (Å²) in [5, 5.41) is 10.7. The molecule has 2 heterocycles. The number of aromatic nitrogens is 4. The molecule has 2 aromatic heterocycles. The van der Waals surface area contributed by atoms with Gasteiger partial charge in [0.15, 0.2) is 0 Å². The zero-order chi connectivity index (χ0) is 25.9. The minimum Gasteiger partial charge on any atom is -0.438 e. The lowest BCUT2D eigenvalue weighted by atomic mass is 9.92. The molecule has 0 fully saturated rings. The molecular formula is C27H29ClN6O2. The van der Waals surface area contributed by atoms with E-state index in [9.17, 15) is 4.79 Å². The minimum atomic E-state index is -0.361. The number of halogens is 1. The number of carbonyl (C=O) groups excluding carboxylic acids is 1. The standard InChI is InChI=1S/C27H29ClN6O2/c1-17-10-12-20(13-11-17)34-23(14-22(33-34)27(3,4)5)31-26(35)30-16-19-8-6-7-9-21(19)36-24-18(2)15-29-25(28)32-24/h6-15H,16H2,1-5H3,(H2,30,31,35). The van der Waals surface area contributed by atoms with Gasteiger partial charge in [-0.2, -0.15) is 10.1 Å². The molecule has 0 spiro atoms. The molecule has 0 unspecified atom stereocenters. The Kier molecular flexibility index (Phi) is 7.26. The van der Waals surface area contributed by atoms with Gasteiger partial charge in [-0.15, -0.1) is 0 Å². The predicted molar refractivity (Wildman–Crippen MR) is 141 cm³/mol. The van der Waals surface area contributed by atoms with E-state index in [-0.39, 0.29) is 23.3 Å². The molecule has 2 amide bonds. The highest BCUT2D eigenvalue weighted by Gasteiger charge is 2.21. The number of benzene rings is 2. The molecule has 0 saturated carbocycles. The fourth-order valence-electron chi connectivity index (χ4n) is 3.42. The highest BCUT2D eigenvalue weighted by Crippen LogP contribution is 2.28. The lowest BCUT2D eigenvalue weighted by Crippen LogP contribution is -2.29. The van der Waals surface area contributed by atoms with E-state index in [1.54, 1.807) is 10.9 Å². The summed E-state index contributed by atoms with van der Waals surface area (Å²) in [4.78, 5) is 21.0. The minimum absolute atomic E-state index is 0.102. The van der Waals surface area contributed by atoms with Gasteiger partial charge in [-0.05, 0) is 43.6 Å². The van der Waals surface area contributed by atoms with E-state index < -0.39 is 0 Å². The quantitative estimate of drug-likeness (QED) is 0.298. The van der Waals surface area contributed by atoms with Crippen LogP contribution in [0.3, 0.4) is 0 Å². The topological polar surface area (TPSA) is 94.0 Å². The van der Waals surface area contributed by atoms with Crippen LogP contribution in [0.1, 0.15) is 43.2 Å². The van der Waals surface area contributed by atoms with E-state index in [2.05, 4.69) is 41.4 Å². The Bertz CT molecular complexity index is 1380. The first kappa shape index (κ1) is 25.2. The Morgan fingerprint density at radius 2 is 1.81 bits per heavy atom. The van der Waals surface area contributed by atoms with E-state index in [1.807, 2.05) is 68.4 Å². The summed E-state index contributed by atoms with van der Waals surface area (Å²) in [5.41, 5.74) is 4.24. The summed E-state index contributed by atoms with van der Waals surface area (Å²) in [7, 11) is 0. The average molecular weight is 505 g/mol. The number of hydrogen-bond donors (Lipinski definition) is 2. The Balaban J connectivity index is 1.51. The molecule has 186 valence electrons. The van der Waals surface area contributed by atoms with Crippen LogP contribution >= 0.6 is 11.6 Å². The van der Waals surface area contributed by atoms with E-state index >= 15 is 0 Å². The van der Waals surface area contributed by atoms with Crippen LogP contribution < -0.4 is 15.4 Å². The Labute approximate surface area is 215 Å². The molecule has 0 radical (unpaired) electrons. The molecule has 2 aromatic carbocycles. The van der Waals surface area contributed by atoms with Crippen LogP contribution in [-0.4, -0.2) is 25.8 Å². The Morgan fingerprint density at radius 1 is 1.08 bits per heavy atom. The molecule has 0 aliphatic rings. The summed E-state index contributed by atoms with van der Waals surface area (Å²) in [6.07, 6.45) is 1.60. The van der Waals surface area contributed by atoms with Crippen LogP contribution in [0, 0.1) is 13.8 Å². The number of ether oxygens (including phenoxy) is 1. The maximum absolute atomic E-state index is 12.9. The van der Waals surface area contributed by atoms with Gasteiger partial charge < -0.3 is 10.1 Å². The molecule has 9 heteroatoms. The average Bonchev–Trinajstić information content (AvgIpc) is 3.25. The third kappa shape index (κ3) is 6.01. The second-order valence-corrected chi connectivity index (χ2v) is 9.89. The van der Waals surface area contributed by atoms with Crippen molar-refractivity contribution in [3.63, 3.8) is 0 Å². The van der Waals surface area contributed by atoms with Crippen LogP contribution in [0.25, 0.3) is 5.69 Å².